The van der Waals surface area contributed by atoms with Crippen molar-refractivity contribution in [3.05, 3.63) is 16.1 Å². The Bertz CT molecular complexity index is 444. The summed E-state index contributed by atoms with van der Waals surface area (Å²) in [6.07, 6.45) is 0.368. The van der Waals surface area contributed by atoms with Gasteiger partial charge in [0, 0.05) is 38.1 Å². The zero-order valence-electron chi connectivity index (χ0n) is 12.8. The van der Waals surface area contributed by atoms with E-state index >= 15 is 0 Å². The van der Waals surface area contributed by atoms with Crippen molar-refractivity contribution in [1.29, 1.82) is 0 Å². The lowest BCUT2D eigenvalue weighted by Gasteiger charge is -2.26. The Morgan fingerprint density at radius 1 is 1.48 bits per heavy atom. The molecule has 2 rings (SSSR count). The highest BCUT2D eigenvalue weighted by Crippen LogP contribution is 2.11. The highest BCUT2D eigenvalue weighted by Gasteiger charge is 2.11. The summed E-state index contributed by atoms with van der Waals surface area (Å²) >= 11 is 1.61. The van der Waals surface area contributed by atoms with Crippen molar-refractivity contribution < 1.29 is 9.53 Å². The third-order valence-electron chi connectivity index (χ3n) is 3.25. The van der Waals surface area contributed by atoms with E-state index in [1.165, 1.54) is 0 Å². The molecule has 1 aromatic rings. The van der Waals surface area contributed by atoms with E-state index in [1.807, 2.05) is 19.5 Å². The molecule has 1 aliphatic heterocycles. The van der Waals surface area contributed by atoms with Crippen molar-refractivity contribution in [2.75, 3.05) is 53.5 Å². The van der Waals surface area contributed by atoms with Crippen LogP contribution in [0.25, 0.3) is 0 Å². The molecule has 0 saturated carbocycles. The average molecular weight is 312 g/mol. The highest BCUT2D eigenvalue weighted by atomic mass is 32.1. The van der Waals surface area contributed by atoms with Crippen LogP contribution in [0.3, 0.4) is 0 Å². The number of nitrogens with zero attached hydrogens (tertiary/aromatic N) is 3. The van der Waals surface area contributed by atoms with E-state index in [0.717, 1.165) is 50.1 Å². The summed E-state index contributed by atoms with van der Waals surface area (Å²) in [5.41, 5.74) is 0.862. The van der Waals surface area contributed by atoms with Gasteiger partial charge in [-0.05, 0) is 14.1 Å². The largest absolute Gasteiger partial charge is 0.379 e. The van der Waals surface area contributed by atoms with Crippen molar-refractivity contribution >= 4 is 17.2 Å². The number of carbonyl (C=O) groups excluding carboxylic acids is 1. The molecule has 118 valence electrons. The SMILES string of the molecule is CN(C)Cc1nc(CC(=O)NCCN2CCOCC2)cs1. The number of hydrogen-bond acceptors (Lipinski definition) is 6. The van der Waals surface area contributed by atoms with Crippen LogP contribution in [-0.4, -0.2) is 74.2 Å². The molecule has 1 fully saturated rings. The van der Waals surface area contributed by atoms with Gasteiger partial charge >= 0.3 is 0 Å². The number of carbonyl (C=O) groups is 1. The van der Waals surface area contributed by atoms with Gasteiger partial charge in [0.2, 0.25) is 5.91 Å². The van der Waals surface area contributed by atoms with Gasteiger partial charge < -0.3 is 15.0 Å². The zero-order chi connectivity index (χ0) is 15.1. The van der Waals surface area contributed by atoms with Crippen molar-refractivity contribution in [2.24, 2.45) is 0 Å². The molecule has 6 nitrogen and oxygen atoms in total. The predicted octanol–water partition coefficient (Wildman–Crippen LogP) is 0.196. The van der Waals surface area contributed by atoms with Gasteiger partial charge in [-0.1, -0.05) is 0 Å². The first-order chi connectivity index (χ1) is 10.1. The zero-order valence-corrected chi connectivity index (χ0v) is 13.6. The molecule has 1 aliphatic rings. The number of ether oxygens (including phenoxy) is 1. The minimum absolute atomic E-state index is 0.0463. The highest BCUT2D eigenvalue weighted by molar-refractivity contribution is 7.09. The van der Waals surface area contributed by atoms with Crippen LogP contribution in [-0.2, 0) is 22.5 Å². The monoisotopic (exact) mass is 312 g/mol. The van der Waals surface area contributed by atoms with Gasteiger partial charge in [0.25, 0.3) is 0 Å². The Hall–Kier alpha value is -1.02. The number of rotatable bonds is 7. The van der Waals surface area contributed by atoms with Crippen molar-refractivity contribution in [1.82, 2.24) is 20.1 Å². The molecule has 1 N–H and O–H groups in total. The van der Waals surface area contributed by atoms with Gasteiger partial charge in [0.1, 0.15) is 5.01 Å². The Kier molecular flexibility index (Phi) is 6.56. The lowest BCUT2D eigenvalue weighted by atomic mass is 10.3. The second-order valence-corrected chi connectivity index (χ2v) is 6.39. The summed E-state index contributed by atoms with van der Waals surface area (Å²) in [7, 11) is 4.03. The van der Waals surface area contributed by atoms with Gasteiger partial charge in [-0.3, -0.25) is 9.69 Å². The van der Waals surface area contributed by atoms with Crippen LogP contribution >= 0.6 is 11.3 Å². The molecule has 0 atom stereocenters. The fourth-order valence-electron chi connectivity index (χ4n) is 2.18. The van der Waals surface area contributed by atoms with Gasteiger partial charge in [0.15, 0.2) is 0 Å². The maximum absolute atomic E-state index is 11.9. The smallest absolute Gasteiger partial charge is 0.226 e. The third kappa shape index (κ3) is 6.09. The normalized spacial score (nSPS) is 16.3. The number of nitrogens with one attached hydrogen (secondary N) is 1. The van der Waals surface area contributed by atoms with E-state index in [2.05, 4.69) is 20.1 Å². The van der Waals surface area contributed by atoms with Crippen LogP contribution in [0.5, 0.6) is 0 Å². The summed E-state index contributed by atoms with van der Waals surface area (Å²) in [6.45, 7) is 5.89. The van der Waals surface area contributed by atoms with Crippen LogP contribution in [0.4, 0.5) is 0 Å². The van der Waals surface area contributed by atoms with Crippen molar-refractivity contribution in [3.63, 3.8) is 0 Å². The number of amides is 1. The number of aromatic nitrogens is 1. The Balaban J connectivity index is 1.65. The number of hydrogen-bond donors (Lipinski definition) is 1. The number of thiazole rings is 1. The molecule has 0 aromatic carbocycles. The Labute approximate surface area is 130 Å². The fraction of sp³-hybridized carbons (Fsp3) is 0.714. The van der Waals surface area contributed by atoms with Crippen molar-refractivity contribution in [3.8, 4) is 0 Å². The second-order valence-electron chi connectivity index (χ2n) is 5.45. The summed E-state index contributed by atoms with van der Waals surface area (Å²) in [5.74, 6) is 0.0463. The molecule has 1 amide bonds. The average Bonchev–Trinajstić information content (AvgIpc) is 2.86. The molecule has 0 aliphatic carbocycles. The standard InChI is InChI=1S/C14H24N4O2S/c1-17(2)10-14-16-12(11-21-14)9-13(19)15-3-4-18-5-7-20-8-6-18/h11H,3-10H2,1-2H3,(H,15,19). The molecular weight excluding hydrogens is 288 g/mol. The molecule has 0 spiro atoms. The van der Waals surface area contributed by atoms with E-state index < -0.39 is 0 Å². The molecule has 0 radical (unpaired) electrons. The molecule has 2 heterocycles. The molecule has 21 heavy (non-hydrogen) atoms. The molecule has 0 bridgehead atoms. The first-order valence-electron chi connectivity index (χ1n) is 7.28. The minimum Gasteiger partial charge on any atom is -0.379 e. The van der Waals surface area contributed by atoms with E-state index in [1.54, 1.807) is 11.3 Å². The van der Waals surface area contributed by atoms with E-state index in [-0.39, 0.29) is 5.91 Å². The summed E-state index contributed by atoms with van der Waals surface area (Å²) in [4.78, 5) is 20.7. The van der Waals surface area contributed by atoms with E-state index in [4.69, 9.17) is 4.74 Å². The second kappa shape index (κ2) is 8.43. The maximum Gasteiger partial charge on any atom is 0.226 e. The van der Waals surface area contributed by atoms with Crippen LogP contribution < -0.4 is 5.32 Å². The molecule has 0 unspecified atom stereocenters. The Morgan fingerprint density at radius 3 is 2.95 bits per heavy atom. The van der Waals surface area contributed by atoms with Gasteiger partial charge in [0.05, 0.1) is 25.3 Å². The van der Waals surface area contributed by atoms with Crippen LogP contribution in [0.2, 0.25) is 0 Å². The third-order valence-corrected chi connectivity index (χ3v) is 4.13. The first-order valence-corrected chi connectivity index (χ1v) is 8.16. The summed E-state index contributed by atoms with van der Waals surface area (Å²) in [6, 6.07) is 0. The molecule has 7 heteroatoms. The predicted molar refractivity (Wildman–Crippen MR) is 83.5 cm³/mol. The lowest BCUT2D eigenvalue weighted by Crippen LogP contribution is -2.41. The Morgan fingerprint density at radius 2 is 2.24 bits per heavy atom. The maximum atomic E-state index is 11.9. The quantitative estimate of drug-likeness (QED) is 0.779. The fourth-order valence-corrected chi connectivity index (χ4v) is 3.09. The van der Waals surface area contributed by atoms with Crippen LogP contribution in [0, 0.1) is 0 Å². The first kappa shape index (κ1) is 16.4. The van der Waals surface area contributed by atoms with Crippen LogP contribution in [0.15, 0.2) is 5.38 Å². The summed E-state index contributed by atoms with van der Waals surface area (Å²) < 4.78 is 5.30. The lowest BCUT2D eigenvalue weighted by molar-refractivity contribution is -0.120. The van der Waals surface area contributed by atoms with Gasteiger partial charge in [-0.15, -0.1) is 11.3 Å². The molecule has 1 aromatic heterocycles. The summed E-state index contributed by atoms with van der Waals surface area (Å²) in [5, 5.41) is 5.99. The topological polar surface area (TPSA) is 57.7 Å². The van der Waals surface area contributed by atoms with E-state index in [0.29, 0.717) is 13.0 Å². The van der Waals surface area contributed by atoms with E-state index in [9.17, 15) is 4.79 Å². The van der Waals surface area contributed by atoms with Crippen LogP contribution in [0.1, 0.15) is 10.7 Å². The minimum atomic E-state index is 0.0463. The molecular formula is C14H24N4O2S. The van der Waals surface area contributed by atoms with Crippen molar-refractivity contribution in [2.45, 2.75) is 13.0 Å². The van der Waals surface area contributed by atoms with Gasteiger partial charge in [-0.25, -0.2) is 4.98 Å². The molecule has 1 saturated heterocycles. The van der Waals surface area contributed by atoms with Gasteiger partial charge in [-0.2, -0.15) is 0 Å². The number of morpholine rings is 1.